The van der Waals surface area contributed by atoms with E-state index in [1.54, 1.807) is 30.5 Å². The SMILES string of the molecule is COc1ccc(Cl)cc1Oc1cccc(S(=O)(=O)NC(=O)c2cccnc2N2CC(C)CC2(C)C)n1. The fraction of sp³-hybridized carbons (Fsp3) is 0.320. The molecule has 1 saturated heterocycles. The number of pyridine rings is 2. The number of nitrogens with zero attached hydrogens (tertiary/aromatic N) is 3. The molecule has 1 unspecified atom stereocenters. The highest BCUT2D eigenvalue weighted by atomic mass is 35.5. The van der Waals surface area contributed by atoms with E-state index in [0.717, 1.165) is 6.42 Å². The summed E-state index contributed by atoms with van der Waals surface area (Å²) in [5.74, 6) is 0.702. The zero-order valence-corrected chi connectivity index (χ0v) is 21.9. The van der Waals surface area contributed by atoms with E-state index in [4.69, 9.17) is 21.1 Å². The maximum absolute atomic E-state index is 13.2. The van der Waals surface area contributed by atoms with Gasteiger partial charge in [0.05, 0.1) is 12.7 Å². The molecule has 3 heterocycles. The summed E-state index contributed by atoms with van der Waals surface area (Å²) in [4.78, 5) is 23.7. The quantitative estimate of drug-likeness (QED) is 0.469. The molecule has 190 valence electrons. The van der Waals surface area contributed by atoms with E-state index in [2.05, 4.69) is 35.5 Å². The number of methoxy groups -OCH3 is 1. The lowest BCUT2D eigenvalue weighted by Gasteiger charge is -2.33. The molecule has 1 aliphatic heterocycles. The van der Waals surface area contributed by atoms with Crippen LogP contribution in [0.5, 0.6) is 17.4 Å². The summed E-state index contributed by atoms with van der Waals surface area (Å²) < 4.78 is 39.2. The van der Waals surface area contributed by atoms with Crippen molar-refractivity contribution >= 4 is 33.3 Å². The van der Waals surface area contributed by atoms with Gasteiger partial charge in [0.15, 0.2) is 16.5 Å². The largest absolute Gasteiger partial charge is 0.493 e. The van der Waals surface area contributed by atoms with E-state index in [1.165, 1.54) is 31.4 Å². The highest BCUT2D eigenvalue weighted by Crippen LogP contribution is 2.37. The number of sulfonamides is 1. The first-order chi connectivity index (χ1) is 17.0. The first-order valence-corrected chi connectivity index (χ1v) is 13.1. The predicted molar refractivity (Wildman–Crippen MR) is 136 cm³/mol. The van der Waals surface area contributed by atoms with Crippen LogP contribution in [0.15, 0.2) is 59.8 Å². The molecular formula is C25H27ClN4O5S. The van der Waals surface area contributed by atoms with Crippen molar-refractivity contribution in [1.29, 1.82) is 0 Å². The van der Waals surface area contributed by atoms with E-state index < -0.39 is 15.9 Å². The molecule has 0 spiro atoms. The molecule has 3 aromatic rings. The van der Waals surface area contributed by atoms with Gasteiger partial charge in [0, 0.05) is 35.4 Å². The Morgan fingerprint density at radius 2 is 1.94 bits per heavy atom. The van der Waals surface area contributed by atoms with E-state index in [9.17, 15) is 13.2 Å². The molecule has 36 heavy (non-hydrogen) atoms. The maximum Gasteiger partial charge on any atom is 0.281 e. The number of hydrogen-bond donors (Lipinski definition) is 1. The van der Waals surface area contributed by atoms with Crippen LogP contribution in [0, 0.1) is 5.92 Å². The van der Waals surface area contributed by atoms with Crippen LogP contribution in [0.1, 0.15) is 37.6 Å². The standard InChI is InChI=1S/C25H27ClN4O5S/c1-16-14-25(2,3)30(15-16)23-18(7-6-12-27-23)24(31)29-36(32,33)22-9-5-8-21(28-22)35-20-13-17(26)10-11-19(20)34-4/h5-13,16H,14-15H2,1-4H3,(H,29,31). The first kappa shape index (κ1) is 25.7. The Morgan fingerprint density at radius 3 is 2.64 bits per heavy atom. The highest BCUT2D eigenvalue weighted by molar-refractivity contribution is 7.90. The molecule has 2 aromatic heterocycles. The Hall–Kier alpha value is -3.37. The molecule has 0 bridgehead atoms. The summed E-state index contributed by atoms with van der Waals surface area (Å²) in [7, 11) is -2.85. The normalized spacial score (nSPS) is 17.0. The summed E-state index contributed by atoms with van der Waals surface area (Å²) in [6, 6.07) is 12.1. The minimum Gasteiger partial charge on any atom is -0.493 e. The van der Waals surface area contributed by atoms with Crippen molar-refractivity contribution in [3.8, 4) is 17.4 Å². The van der Waals surface area contributed by atoms with Gasteiger partial charge in [-0.1, -0.05) is 24.6 Å². The molecule has 1 atom stereocenters. The van der Waals surface area contributed by atoms with Gasteiger partial charge in [-0.05, 0) is 56.5 Å². The number of halogens is 1. The van der Waals surface area contributed by atoms with Crippen molar-refractivity contribution < 1.29 is 22.7 Å². The Bertz CT molecular complexity index is 1400. The van der Waals surface area contributed by atoms with Gasteiger partial charge in [-0.15, -0.1) is 0 Å². The monoisotopic (exact) mass is 530 g/mol. The van der Waals surface area contributed by atoms with Crippen LogP contribution in [-0.4, -0.2) is 43.5 Å². The van der Waals surface area contributed by atoms with Gasteiger partial charge in [-0.25, -0.2) is 9.71 Å². The second-order valence-corrected chi connectivity index (χ2v) is 11.3. The van der Waals surface area contributed by atoms with Gasteiger partial charge in [0.2, 0.25) is 5.88 Å². The zero-order chi connectivity index (χ0) is 26.1. The lowest BCUT2D eigenvalue weighted by Crippen LogP contribution is -2.41. The fourth-order valence-corrected chi connectivity index (χ4v) is 5.51. The number of nitrogens with one attached hydrogen (secondary N) is 1. The van der Waals surface area contributed by atoms with Crippen LogP contribution in [-0.2, 0) is 10.0 Å². The molecule has 0 aliphatic carbocycles. The molecule has 1 N–H and O–H groups in total. The van der Waals surface area contributed by atoms with Crippen molar-refractivity contribution in [1.82, 2.24) is 14.7 Å². The average molecular weight is 531 g/mol. The second kappa shape index (κ2) is 9.94. The van der Waals surface area contributed by atoms with Crippen LogP contribution in [0.2, 0.25) is 5.02 Å². The zero-order valence-electron chi connectivity index (χ0n) is 20.4. The van der Waals surface area contributed by atoms with Crippen LogP contribution in [0.25, 0.3) is 0 Å². The number of carbonyl (C=O) groups excluding carboxylic acids is 1. The number of anilines is 1. The number of amides is 1. The van der Waals surface area contributed by atoms with Crippen molar-refractivity contribution in [2.75, 3.05) is 18.6 Å². The molecule has 1 aliphatic rings. The summed E-state index contributed by atoms with van der Waals surface area (Å²) >= 11 is 6.04. The Kier molecular flexibility index (Phi) is 7.10. The summed E-state index contributed by atoms with van der Waals surface area (Å²) in [6.07, 6.45) is 2.52. The van der Waals surface area contributed by atoms with E-state index in [-0.39, 0.29) is 27.8 Å². The Morgan fingerprint density at radius 1 is 1.17 bits per heavy atom. The molecule has 0 radical (unpaired) electrons. The highest BCUT2D eigenvalue weighted by Gasteiger charge is 2.39. The van der Waals surface area contributed by atoms with Crippen molar-refractivity contribution in [3.63, 3.8) is 0 Å². The van der Waals surface area contributed by atoms with Crippen LogP contribution in [0.4, 0.5) is 5.82 Å². The number of rotatable bonds is 7. The smallest absolute Gasteiger partial charge is 0.281 e. The van der Waals surface area contributed by atoms with Gasteiger partial charge < -0.3 is 14.4 Å². The van der Waals surface area contributed by atoms with Crippen LogP contribution >= 0.6 is 11.6 Å². The van der Waals surface area contributed by atoms with Crippen molar-refractivity contribution in [3.05, 3.63) is 65.3 Å². The Balaban J connectivity index is 1.59. The number of ether oxygens (including phenoxy) is 2. The van der Waals surface area contributed by atoms with E-state index in [1.807, 2.05) is 4.90 Å². The molecule has 1 aromatic carbocycles. The first-order valence-electron chi connectivity index (χ1n) is 11.3. The van der Waals surface area contributed by atoms with Gasteiger partial charge in [-0.2, -0.15) is 13.4 Å². The third-order valence-electron chi connectivity index (χ3n) is 5.90. The third kappa shape index (κ3) is 5.39. The molecule has 11 heteroatoms. The predicted octanol–water partition coefficient (Wildman–Crippen LogP) is 4.67. The lowest BCUT2D eigenvalue weighted by atomic mass is 9.97. The number of aromatic nitrogens is 2. The maximum atomic E-state index is 13.2. The van der Waals surface area contributed by atoms with Crippen LogP contribution < -0.4 is 19.1 Å². The summed E-state index contributed by atoms with van der Waals surface area (Å²) in [6.45, 7) is 7.00. The molecule has 4 rings (SSSR count). The average Bonchev–Trinajstić information content (AvgIpc) is 3.10. The van der Waals surface area contributed by atoms with Gasteiger partial charge >= 0.3 is 0 Å². The van der Waals surface area contributed by atoms with Crippen LogP contribution in [0.3, 0.4) is 0 Å². The third-order valence-corrected chi connectivity index (χ3v) is 7.37. The minimum absolute atomic E-state index is 0.0132. The minimum atomic E-state index is -4.32. The molecule has 1 amide bonds. The van der Waals surface area contributed by atoms with Crippen molar-refractivity contribution in [2.45, 2.75) is 37.8 Å². The summed E-state index contributed by atoms with van der Waals surface area (Å²) in [5.41, 5.74) is -0.0599. The topological polar surface area (TPSA) is 111 Å². The fourth-order valence-electron chi connectivity index (χ4n) is 4.42. The Labute approximate surface area is 215 Å². The molecule has 1 fully saturated rings. The van der Waals surface area contributed by atoms with E-state index >= 15 is 0 Å². The summed E-state index contributed by atoms with van der Waals surface area (Å²) in [5, 5.41) is 0.0274. The van der Waals surface area contributed by atoms with Gasteiger partial charge in [0.25, 0.3) is 15.9 Å². The lowest BCUT2D eigenvalue weighted by molar-refractivity contribution is 0.0981. The number of hydrogen-bond acceptors (Lipinski definition) is 8. The number of carbonyl (C=O) groups is 1. The van der Waals surface area contributed by atoms with Gasteiger partial charge in [0.1, 0.15) is 5.82 Å². The van der Waals surface area contributed by atoms with Crippen molar-refractivity contribution in [2.24, 2.45) is 5.92 Å². The molecule has 9 nitrogen and oxygen atoms in total. The second-order valence-electron chi connectivity index (χ2n) is 9.25. The number of benzene rings is 1. The van der Waals surface area contributed by atoms with E-state index in [0.29, 0.717) is 29.1 Å². The molecular weight excluding hydrogens is 504 g/mol. The van der Waals surface area contributed by atoms with Gasteiger partial charge in [-0.3, -0.25) is 4.79 Å². The molecule has 0 saturated carbocycles.